The van der Waals surface area contributed by atoms with Gasteiger partial charge in [-0.3, -0.25) is 9.78 Å². The summed E-state index contributed by atoms with van der Waals surface area (Å²) in [6.07, 6.45) is 5.91. The van der Waals surface area contributed by atoms with Gasteiger partial charge in [-0.15, -0.1) is 24.0 Å². The van der Waals surface area contributed by atoms with Crippen LogP contribution in [0.2, 0.25) is 0 Å². The van der Waals surface area contributed by atoms with Crippen molar-refractivity contribution in [3.63, 3.8) is 0 Å². The van der Waals surface area contributed by atoms with Gasteiger partial charge >= 0.3 is 0 Å². The van der Waals surface area contributed by atoms with Crippen LogP contribution >= 0.6 is 24.0 Å². The molecule has 1 fully saturated rings. The van der Waals surface area contributed by atoms with Crippen molar-refractivity contribution in [3.8, 4) is 0 Å². The Kier molecular flexibility index (Phi) is 8.67. The molecule has 2 aromatic rings. The number of halogens is 1. The van der Waals surface area contributed by atoms with Crippen molar-refractivity contribution < 1.29 is 4.79 Å². The molecule has 1 aliphatic carbocycles. The van der Waals surface area contributed by atoms with Crippen LogP contribution in [0.15, 0.2) is 41.5 Å². The van der Waals surface area contributed by atoms with Crippen LogP contribution in [0.1, 0.15) is 38.3 Å². The van der Waals surface area contributed by atoms with Crippen LogP contribution in [0.5, 0.6) is 0 Å². The summed E-state index contributed by atoms with van der Waals surface area (Å²) in [5.41, 5.74) is 0.632. The van der Waals surface area contributed by atoms with Crippen LogP contribution in [0.25, 0.3) is 10.8 Å². The summed E-state index contributed by atoms with van der Waals surface area (Å²) in [7, 11) is 3.68. The third-order valence-corrected chi connectivity index (χ3v) is 5.50. The van der Waals surface area contributed by atoms with Crippen molar-refractivity contribution in [1.82, 2.24) is 20.5 Å². The number of guanidine groups is 1. The maximum Gasteiger partial charge on any atom is 0.230 e. The summed E-state index contributed by atoms with van der Waals surface area (Å²) in [6, 6.07) is 10.2. The highest BCUT2D eigenvalue weighted by molar-refractivity contribution is 14.0. The van der Waals surface area contributed by atoms with Crippen LogP contribution in [-0.2, 0) is 11.3 Å². The first-order valence-electron chi connectivity index (χ1n) is 10.1. The summed E-state index contributed by atoms with van der Waals surface area (Å²) < 4.78 is 0. The van der Waals surface area contributed by atoms with E-state index in [-0.39, 0.29) is 35.3 Å². The van der Waals surface area contributed by atoms with E-state index in [9.17, 15) is 4.79 Å². The normalized spacial score (nSPS) is 15.6. The average Bonchev–Trinajstić information content (AvgIpc) is 3.19. The van der Waals surface area contributed by atoms with Crippen molar-refractivity contribution in [1.29, 1.82) is 0 Å². The Balaban J connectivity index is 0.00000300. The van der Waals surface area contributed by atoms with Crippen molar-refractivity contribution >= 4 is 46.6 Å². The van der Waals surface area contributed by atoms with E-state index in [1.54, 1.807) is 4.90 Å². The van der Waals surface area contributed by atoms with E-state index in [2.05, 4.69) is 27.8 Å². The van der Waals surface area contributed by atoms with Crippen molar-refractivity contribution in [2.24, 2.45) is 10.4 Å². The molecular weight excluding hydrogens is 477 g/mol. The zero-order valence-corrected chi connectivity index (χ0v) is 19.9. The Morgan fingerprint density at radius 2 is 1.90 bits per heavy atom. The van der Waals surface area contributed by atoms with Crippen LogP contribution in [0.4, 0.5) is 0 Å². The highest BCUT2D eigenvalue weighted by atomic mass is 127. The smallest absolute Gasteiger partial charge is 0.230 e. The molecule has 0 spiro atoms. The number of nitrogens with one attached hydrogen (secondary N) is 2. The van der Waals surface area contributed by atoms with Gasteiger partial charge in [0.25, 0.3) is 0 Å². The van der Waals surface area contributed by atoms with E-state index < -0.39 is 0 Å². The summed E-state index contributed by atoms with van der Waals surface area (Å²) in [6.45, 7) is 3.91. The number of rotatable bonds is 6. The summed E-state index contributed by atoms with van der Waals surface area (Å²) >= 11 is 0. The predicted octanol–water partition coefficient (Wildman–Crippen LogP) is 3.56. The second-order valence-corrected chi connectivity index (χ2v) is 7.71. The number of carbonyl (C=O) groups excluding carboxylic acids is 1. The lowest BCUT2D eigenvalue weighted by molar-refractivity contribution is -0.138. The lowest BCUT2D eigenvalue weighted by atomic mass is 9.84. The SMILES string of the molecule is CCNC(=NCc1nccc2ccccc12)NCC1(C(=O)N(C)C)CCCC1.I. The number of hydrogen-bond donors (Lipinski definition) is 2. The molecule has 0 atom stereocenters. The number of benzene rings is 1. The molecule has 1 aromatic heterocycles. The van der Waals surface area contributed by atoms with Gasteiger partial charge in [0.15, 0.2) is 5.96 Å². The molecule has 7 heteroatoms. The summed E-state index contributed by atoms with van der Waals surface area (Å²) in [5, 5.41) is 9.01. The number of aromatic nitrogens is 1. The predicted molar refractivity (Wildman–Crippen MR) is 130 cm³/mol. The third-order valence-electron chi connectivity index (χ3n) is 5.50. The van der Waals surface area contributed by atoms with E-state index in [1.165, 1.54) is 5.39 Å². The number of pyridine rings is 1. The Hall–Kier alpha value is -1.90. The molecule has 1 aromatic carbocycles. The number of amides is 1. The average molecular weight is 509 g/mol. The van der Waals surface area contributed by atoms with Crippen LogP contribution < -0.4 is 10.6 Å². The molecule has 158 valence electrons. The molecule has 2 N–H and O–H groups in total. The fourth-order valence-corrected chi connectivity index (χ4v) is 4.05. The van der Waals surface area contributed by atoms with Gasteiger partial charge in [0, 0.05) is 38.8 Å². The molecular formula is C22H32IN5O. The highest BCUT2D eigenvalue weighted by Crippen LogP contribution is 2.38. The first-order valence-corrected chi connectivity index (χ1v) is 10.1. The van der Waals surface area contributed by atoms with E-state index >= 15 is 0 Å². The summed E-state index contributed by atoms with van der Waals surface area (Å²) in [4.78, 5) is 23.8. The number of hydrogen-bond acceptors (Lipinski definition) is 3. The van der Waals surface area contributed by atoms with Gasteiger partial charge in [0.2, 0.25) is 5.91 Å². The minimum Gasteiger partial charge on any atom is -0.357 e. The molecule has 1 heterocycles. The number of nitrogens with zero attached hydrogens (tertiary/aromatic N) is 3. The molecule has 0 saturated heterocycles. The minimum atomic E-state index is -0.322. The van der Waals surface area contributed by atoms with Gasteiger partial charge in [-0.2, -0.15) is 0 Å². The molecule has 0 unspecified atom stereocenters. The molecule has 6 nitrogen and oxygen atoms in total. The van der Waals surface area contributed by atoms with Gasteiger partial charge in [0.1, 0.15) is 0 Å². The van der Waals surface area contributed by atoms with Crippen molar-refractivity contribution in [2.75, 3.05) is 27.2 Å². The number of fused-ring (bicyclic) bond motifs is 1. The molecule has 0 bridgehead atoms. The van der Waals surface area contributed by atoms with E-state index in [4.69, 9.17) is 4.99 Å². The monoisotopic (exact) mass is 509 g/mol. The van der Waals surface area contributed by atoms with Gasteiger partial charge < -0.3 is 15.5 Å². The second kappa shape index (κ2) is 10.8. The fourth-order valence-electron chi connectivity index (χ4n) is 4.05. The first-order chi connectivity index (χ1) is 13.6. The van der Waals surface area contributed by atoms with Gasteiger partial charge in [-0.05, 0) is 31.2 Å². The lowest BCUT2D eigenvalue weighted by Crippen LogP contribution is -2.49. The fraction of sp³-hybridized carbons (Fsp3) is 0.500. The third kappa shape index (κ3) is 5.58. The summed E-state index contributed by atoms with van der Waals surface area (Å²) in [5.74, 6) is 0.944. The minimum absolute atomic E-state index is 0. The maximum absolute atomic E-state index is 12.8. The molecule has 1 aliphatic rings. The topological polar surface area (TPSA) is 69.6 Å². The number of aliphatic imine (C=N–C) groups is 1. The first kappa shape index (κ1) is 23.4. The van der Waals surface area contributed by atoms with Crippen molar-refractivity contribution in [2.45, 2.75) is 39.2 Å². The molecule has 3 rings (SSSR count). The van der Waals surface area contributed by atoms with Gasteiger partial charge in [-0.25, -0.2) is 4.99 Å². The van der Waals surface area contributed by atoms with Crippen LogP contribution in [0.3, 0.4) is 0 Å². The van der Waals surface area contributed by atoms with Gasteiger partial charge in [0.05, 0.1) is 17.7 Å². The maximum atomic E-state index is 12.8. The zero-order chi connectivity index (χ0) is 20.0. The quantitative estimate of drug-likeness (QED) is 0.355. The van der Waals surface area contributed by atoms with E-state index in [0.717, 1.165) is 49.3 Å². The van der Waals surface area contributed by atoms with Gasteiger partial charge in [-0.1, -0.05) is 37.1 Å². The highest BCUT2D eigenvalue weighted by Gasteiger charge is 2.42. The van der Waals surface area contributed by atoms with Crippen LogP contribution in [0, 0.1) is 5.41 Å². The molecule has 0 aliphatic heterocycles. The lowest BCUT2D eigenvalue weighted by Gasteiger charge is -2.31. The van der Waals surface area contributed by atoms with E-state index in [1.807, 2.05) is 45.4 Å². The molecule has 0 radical (unpaired) electrons. The second-order valence-electron chi connectivity index (χ2n) is 7.71. The van der Waals surface area contributed by atoms with Crippen molar-refractivity contribution in [3.05, 3.63) is 42.2 Å². The Bertz CT molecular complexity index is 841. The van der Waals surface area contributed by atoms with Crippen LogP contribution in [-0.4, -0.2) is 48.9 Å². The van der Waals surface area contributed by atoms with E-state index in [0.29, 0.717) is 13.1 Å². The molecule has 1 amide bonds. The Morgan fingerprint density at radius 1 is 1.17 bits per heavy atom. The number of carbonyl (C=O) groups is 1. The molecule has 1 saturated carbocycles. The largest absolute Gasteiger partial charge is 0.357 e. The standard InChI is InChI=1S/C22H31N5O.HI/c1-4-23-21(26-16-22(12-7-8-13-22)20(28)27(2)3)25-15-19-18-10-6-5-9-17(18)11-14-24-19;/h5-6,9-11,14H,4,7-8,12-13,15-16H2,1-3H3,(H2,23,25,26);1H. The Morgan fingerprint density at radius 3 is 2.59 bits per heavy atom. The Labute approximate surface area is 190 Å². The molecule has 29 heavy (non-hydrogen) atoms. The zero-order valence-electron chi connectivity index (χ0n) is 17.6.